The SMILES string of the molecule is CC(C)N1CCN(Cc2ccc(C#CCCO)cc2)CC1. The average Bonchev–Trinajstić information content (AvgIpc) is 2.50. The molecule has 1 fully saturated rings. The summed E-state index contributed by atoms with van der Waals surface area (Å²) < 4.78 is 0. The lowest BCUT2D eigenvalue weighted by Crippen LogP contribution is -2.48. The summed E-state index contributed by atoms with van der Waals surface area (Å²) >= 11 is 0. The molecule has 0 spiro atoms. The molecule has 0 radical (unpaired) electrons. The van der Waals surface area contributed by atoms with Crippen molar-refractivity contribution in [3.05, 3.63) is 35.4 Å². The highest BCUT2D eigenvalue weighted by Gasteiger charge is 2.18. The second kappa shape index (κ2) is 8.19. The molecular formula is C18H26N2O. The van der Waals surface area contributed by atoms with E-state index in [4.69, 9.17) is 5.11 Å². The lowest BCUT2D eigenvalue weighted by atomic mass is 10.1. The van der Waals surface area contributed by atoms with Gasteiger partial charge in [-0.3, -0.25) is 9.80 Å². The van der Waals surface area contributed by atoms with Crippen molar-refractivity contribution in [2.45, 2.75) is 32.9 Å². The van der Waals surface area contributed by atoms with Crippen molar-refractivity contribution in [3.63, 3.8) is 0 Å². The summed E-state index contributed by atoms with van der Waals surface area (Å²) in [6, 6.07) is 9.13. The molecule has 3 heteroatoms. The summed E-state index contributed by atoms with van der Waals surface area (Å²) in [6.45, 7) is 10.3. The first-order valence-corrected chi connectivity index (χ1v) is 7.84. The summed E-state index contributed by atoms with van der Waals surface area (Å²) in [7, 11) is 0. The number of rotatable bonds is 4. The van der Waals surface area contributed by atoms with Gasteiger partial charge in [0.15, 0.2) is 0 Å². The largest absolute Gasteiger partial charge is 0.395 e. The van der Waals surface area contributed by atoms with Gasteiger partial charge in [0.2, 0.25) is 0 Å². The second-order valence-electron chi connectivity index (χ2n) is 5.88. The van der Waals surface area contributed by atoms with Crippen LogP contribution in [0.4, 0.5) is 0 Å². The second-order valence-corrected chi connectivity index (χ2v) is 5.88. The van der Waals surface area contributed by atoms with Crippen LogP contribution in [-0.2, 0) is 6.54 Å². The zero-order valence-corrected chi connectivity index (χ0v) is 13.2. The molecule has 0 saturated carbocycles. The lowest BCUT2D eigenvalue weighted by Gasteiger charge is -2.36. The van der Waals surface area contributed by atoms with Crippen LogP contribution in [0.3, 0.4) is 0 Å². The maximum atomic E-state index is 8.71. The number of nitrogens with zero attached hydrogens (tertiary/aromatic N) is 2. The molecule has 1 aliphatic heterocycles. The summed E-state index contributed by atoms with van der Waals surface area (Å²) in [5.74, 6) is 6.02. The van der Waals surface area contributed by atoms with Gasteiger partial charge in [-0.05, 0) is 31.5 Å². The average molecular weight is 286 g/mol. The number of aliphatic hydroxyl groups excluding tert-OH is 1. The Bertz CT molecular complexity index is 476. The van der Waals surface area contributed by atoms with E-state index >= 15 is 0 Å². The maximum Gasteiger partial charge on any atom is 0.0540 e. The van der Waals surface area contributed by atoms with Crippen LogP contribution in [0, 0.1) is 11.8 Å². The van der Waals surface area contributed by atoms with Crippen LogP contribution in [0.25, 0.3) is 0 Å². The van der Waals surface area contributed by atoms with Gasteiger partial charge in [-0.15, -0.1) is 0 Å². The van der Waals surface area contributed by atoms with E-state index in [0.717, 1.165) is 25.2 Å². The number of aliphatic hydroxyl groups is 1. The van der Waals surface area contributed by atoms with Crippen molar-refractivity contribution in [3.8, 4) is 11.8 Å². The molecule has 0 aromatic heterocycles. The molecule has 1 N–H and O–H groups in total. The fourth-order valence-corrected chi connectivity index (χ4v) is 2.61. The highest BCUT2D eigenvalue weighted by molar-refractivity contribution is 5.36. The van der Waals surface area contributed by atoms with Gasteiger partial charge in [0, 0.05) is 50.7 Å². The molecule has 3 nitrogen and oxygen atoms in total. The molecule has 0 unspecified atom stereocenters. The van der Waals surface area contributed by atoms with Gasteiger partial charge in [-0.1, -0.05) is 24.0 Å². The van der Waals surface area contributed by atoms with Crippen molar-refractivity contribution in [1.82, 2.24) is 9.80 Å². The van der Waals surface area contributed by atoms with Crippen LogP contribution < -0.4 is 0 Å². The molecule has 1 aliphatic rings. The highest BCUT2D eigenvalue weighted by Crippen LogP contribution is 2.11. The third kappa shape index (κ3) is 5.17. The first-order chi connectivity index (χ1) is 10.2. The van der Waals surface area contributed by atoms with Crippen LogP contribution >= 0.6 is 0 Å². The molecule has 0 atom stereocenters. The molecule has 2 rings (SSSR count). The first-order valence-electron chi connectivity index (χ1n) is 7.84. The van der Waals surface area contributed by atoms with Gasteiger partial charge < -0.3 is 5.11 Å². The maximum absolute atomic E-state index is 8.71. The van der Waals surface area contributed by atoms with E-state index in [1.807, 2.05) is 0 Å². The Morgan fingerprint density at radius 3 is 2.33 bits per heavy atom. The minimum atomic E-state index is 0.132. The molecule has 1 saturated heterocycles. The molecule has 0 amide bonds. The molecule has 1 aromatic carbocycles. The first kappa shape index (κ1) is 16.0. The fourth-order valence-electron chi connectivity index (χ4n) is 2.61. The minimum absolute atomic E-state index is 0.132. The van der Waals surface area contributed by atoms with Gasteiger partial charge in [0.25, 0.3) is 0 Å². The summed E-state index contributed by atoms with van der Waals surface area (Å²) in [4.78, 5) is 5.06. The Kier molecular flexibility index (Phi) is 6.25. The van der Waals surface area contributed by atoms with Crippen LogP contribution in [-0.4, -0.2) is 53.7 Å². The van der Waals surface area contributed by atoms with E-state index in [9.17, 15) is 0 Å². The summed E-state index contributed by atoms with van der Waals surface area (Å²) in [5.41, 5.74) is 2.37. The number of piperazine rings is 1. The standard InChI is InChI=1S/C18H26N2O/c1-16(2)20-12-10-19(11-13-20)15-18-8-6-17(7-9-18)5-3-4-14-21/h6-9,16,21H,4,10-15H2,1-2H3. The quantitative estimate of drug-likeness (QED) is 0.857. The minimum Gasteiger partial charge on any atom is -0.395 e. The molecule has 0 aliphatic carbocycles. The Morgan fingerprint density at radius 2 is 1.76 bits per heavy atom. The molecule has 0 bridgehead atoms. The van der Waals surface area contributed by atoms with Crippen LogP contribution in [0.2, 0.25) is 0 Å². The van der Waals surface area contributed by atoms with Gasteiger partial charge in [0.05, 0.1) is 6.61 Å². The van der Waals surface area contributed by atoms with Crippen molar-refractivity contribution in [1.29, 1.82) is 0 Å². The van der Waals surface area contributed by atoms with Crippen LogP contribution in [0.15, 0.2) is 24.3 Å². The Morgan fingerprint density at radius 1 is 1.10 bits per heavy atom. The topological polar surface area (TPSA) is 26.7 Å². The Balaban J connectivity index is 1.83. The third-order valence-corrected chi connectivity index (χ3v) is 3.97. The monoisotopic (exact) mass is 286 g/mol. The Labute approximate surface area is 128 Å². The van der Waals surface area contributed by atoms with E-state index in [1.165, 1.54) is 18.7 Å². The molecule has 114 valence electrons. The van der Waals surface area contributed by atoms with E-state index in [-0.39, 0.29) is 6.61 Å². The summed E-state index contributed by atoms with van der Waals surface area (Å²) in [5, 5.41) is 8.71. The van der Waals surface area contributed by atoms with Crippen molar-refractivity contribution >= 4 is 0 Å². The van der Waals surface area contributed by atoms with Gasteiger partial charge in [-0.2, -0.15) is 0 Å². The summed E-state index contributed by atoms with van der Waals surface area (Å²) in [6.07, 6.45) is 0.544. The molecular weight excluding hydrogens is 260 g/mol. The highest BCUT2D eigenvalue weighted by atomic mass is 16.2. The third-order valence-electron chi connectivity index (χ3n) is 3.97. The van der Waals surface area contributed by atoms with Crippen molar-refractivity contribution < 1.29 is 5.11 Å². The van der Waals surface area contributed by atoms with E-state index in [2.05, 4.69) is 59.8 Å². The zero-order valence-electron chi connectivity index (χ0n) is 13.2. The number of hydrogen-bond donors (Lipinski definition) is 1. The predicted octanol–water partition coefficient (Wildman–Crippen LogP) is 1.95. The van der Waals surface area contributed by atoms with Crippen molar-refractivity contribution in [2.24, 2.45) is 0 Å². The normalized spacial score (nSPS) is 16.8. The van der Waals surface area contributed by atoms with E-state index in [1.54, 1.807) is 0 Å². The predicted molar refractivity (Wildman–Crippen MR) is 87.0 cm³/mol. The van der Waals surface area contributed by atoms with Crippen molar-refractivity contribution in [2.75, 3.05) is 32.8 Å². The van der Waals surface area contributed by atoms with Gasteiger partial charge in [0.1, 0.15) is 0 Å². The lowest BCUT2D eigenvalue weighted by molar-refractivity contribution is 0.104. The van der Waals surface area contributed by atoms with E-state index in [0.29, 0.717) is 12.5 Å². The van der Waals surface area contributed by atoms with Crippen LogP contribution in [0.5, 0.6) is 0 Å². The molecule has 1 heterocycles. The van der Waals surface area contributed by atoms with Crippen LogP contribution in [0.1, 0.15) is 31.4 Å². The van der Waals surface area contributed by atoms with E-state index < -0.39 is 0 Å². The van der Waals surface area contributed by atoms with Gasteiger partial charge >= 0.3 is 0 Å². The van der Waals surface area contributed by atoms with Gasteiger partial charge in [-0.25, -0.2) is 0 Å². The smallest absolute Gasteiger partial charge is 0.0540 e. The fraction of sp³-hybridized carbons (Fsp3) is 0.556. The zero-order chi connectivity index (χ0) is 15.1. The molecule has 21 heavy (non-hydrogen) atoms. The Hall–Kier alpha value is -1.34. The number of hydrogen-bond acceptors (Lipinski definition) is 3. The molecule has 1 aromatic rings. The number of benzene rings is 1.